The monoisotopic (exact) mass is 284 g/mol. The summed E-state index contributed by atoms with van der Waals surface area (Å²) in [6.07, 6.45) is 1.53. The summed E-state index contributed by atoms with van der Waals surface area (Å²) in [4.78, 5) is 16.3. The number of fused-ring (bicyclic) bond motifs is 2. The number of carbonyl (C=O) groups excluding carboxylic acids is 1. The molecule has 3 heterocycles. The molecule has 0 radical (unpaired) electrons. The van der Waals surface area contributed by atoms with Gasteiger partial charge in [0.2, 0.25) is 5.91 Å². The van der Waals surface area contributed by atoms with Crippen molar-refractivity contribution in [2.45, 2.75) is 32.4 Å². The topological polar surface area (TPSA) is 79.2 Å². The number of hydrogen-bond acceptors (Lipinski definition) is 5. The molecule has 4 rings (SSSR count). The number of benzene rings is 1. The second kappa shape index (κ2) is 3.78. The van der Waals surface area contributed by atoms with E-state index in [-0.39, 0.29) is 12.1 Å². The van der Waals surface area contributed by atoms with Gasteiger partial charge in [-0.15, -0.1) is 0 Å². The molecule has 108 valence electrons. The second-order valence-electron chi connectivity index (χ2n) is 6.04. The SMILES string of the molecule is Cc1nc(C2Nc3cc4c(cc3N2)C(C)(C)C(=O)N4)co1. The Hall–Kier alpha value is -2.50. The minimum Gasteiger partial charge on any atom is -0.449 e. The van der Waals surface area contributed by atoms with Gasteiger partial charge in [0.05, 0.1) is 16.8 Å². The number of hydrogen-bond donors (Lipinski definition) is 3. The molecule has 0 saturated heterocycles. The maximum Gasteiger partial charge on any atom is 0.234 e. The average molecular weight is 284 g/mol. The lowest BCUT2D eigenvalue weighted by Gasteiger charge is -2.15. The van der Waals surface area contributed by atoms with Crippen LogP contribution in [-0.4, -0.2) is 10.9 Å². The van der Waals surface area contributed by atoms with E-state index in [1.54, 1.807) is 6.26 Å². The van der Waals surface area contributed by atoms with Crippen molar-refractivity contribution in [3.8, 4) is 0 Å². The first-order chi connectivity index (χ1) is 9.95. The normalized spacial score (nSPS) is 21.3. The Morgan fingerprint density at radius 3 is 2.57 bits per heavy atom. The van der Waals surface area contributed by atoms with Crippen molar-refractivity contribution in [3.63, 3.8) is 0 Å². The van der Waals surface area contributed by atoms with Crippen molar-refractivity contribution < 1.29 is 9.21 Å². The Kier molecular flexibility index (Phi) is 2.21. The summed E-state index contributed by atoms with van der Waals surface area (Å²) in [6, 6.07) is 4.00. The fourth-order valence-electron chi connectivity index (χ4n) is 2.87. The quantitative estimate of drug-likeness (QED) is 0.750. The number of aryl methyl sites for hydroxylation is 1. The molecule has 6 heteroatoms. The first-order valence-corrected chi connectivity index (χ1v) is 6.90. The van der Waals surface area contributed by atoms with E-state index in [9.17, 15) is 4.79 Å². The number of nitrogens with zero attached hydrogens (tertiary/aromatic N) is 1. The number of anilines is 3. The fraction of sp³-hybridized carbons (Fsp3) is 0.333. The summed E-state index contributed by atoms with van der Waals surface area (Å²) >= 11 is 0. The number of rotatable bonds is 1. The molecule has 2 aromatic rings. The Morgan fingerprint density at radius 1 is 1.19 bits per heavy atom. The smallest absolute Gasteiger partial charge is 0.234 e. The average Bonchev–Trinajstić information content (AvgIpc) is 3.07. The van der Waals surface area contributed by atoms with E-state index in [0.29, 0.717) is 5.89 Å². The van der Waals surface area contributed by atoms with Gasteiger partial charge in [-0.1, -0.05) is 0 Å². The lowest BCUT2D eigenvalue weighted by atomic mass is 9.86. The molecule has 0 fully saturated rings. The van der Waals surface area contributed by atoms with Crippen LogP contribution >= 0.6 is 0 Å². The molecular formula is C15H16N4O2. The Morgan fingerprint density at radius 2 is 1.90 bits per heavy atom. The first-order valence-electron chi connectivity index (χ1n) is 6.90. The summed E-state index contributed by atoms with van der Waals surface area (Å²) in [6.45, 7) is 5.68. The lowest BCUT2D eigenvalue weighted by molar-refractivity contribution is -0.119. The van der Waals surface area contributed by atoms with Crippen molar-refractivity contribution in [1.29, 1.82) is 0 Å². The zero-order valence-electron chi connectivity index (χ0n) is 12.1. The molecule has 3 N–H and O–H groups in total. The number of nitrogens with one attached hydrogen (secondary N) is 3. The highest BCUT2D eigenvalue weighted by atomic mass is 16.3. The lowest BCUT2D eigenvalue weighted by Crippen LogP contribution is -2.26. The minimum atomic E-state index is -0.505. The van der Waals surface area contributed by atoms with E-state index in [0.717, 1.165) is 28.3 Å². The molecule has 0 spiro atoms. The molecular weight excluding hydrogens is 268 g/mol. The summed E-state index contributed by atoms with van der Waals surface area (Å²) in [5, 5.41) is 9.66. The molecule has 2 aliphatic heterocycles. The highest BCUT2D eigenvalue weighted by Gasteiger charge is 2.40. The highest BCUT2D eigenvalue weighted by molar-refractivity contribution is 6.07. The Bertz CT molecular complexity index is 763. The predicted molar refractivity (Wildman–Crippen MR) is 79.3 cm³/mol. The zero-order valence-corrected chi connectivity index (χ0v) is 12.1. The third-order valence-electron chi connectivity index (χ3n) is 4.18. The van der Waals surface area contributed by atoms with Gasteiger partial charge in [-0.25, -0.2) is 4.98 Å². The molecule has 0 saturated carbocycles. The van der Waals surface area contributed by atoms with E-state index < -0.39 is 5.41 Å². The summed E-state index contributed by atoms with van der Waals surface area (Å²) < 4.78 is 5.25. The van der Waals surface area contributed by atoms with Crippen LogP contribution in [0.5, 0.6) is 0 Å². The summed E-state index contributed by atoms with van der Waals surface area (Å²) in [5.41, 5.74) is 4.12. The van der Waals surface area contributed by atoms with Crippen molar-refractivity contribution in [3.05, 3.63) is 35.5 Å². The Labute approximate surface area is 121 Å². The molecule has 1 unspecified atom stereocenters. The van der Waals surface area contributed by atoms with Crippen molar-refractivity contribution in [2.75, 3.05) is 16.0 Å². The van der Waals surface area contributed by atoms with Crippen LogP contribution in [0.3, 0.4) is 0 Å². The van der Waals surface area contributed by atoms with Crippen LogP contribution in [0.2, 0.25) is 0 Å². The first kappa shape index (κ1) is 12.3. The van der Waals surface area contributed by atoms with Crippen LogP contribution in [0.25, 0.3) is 0 Å². The Balaban J connectivity index is 1.71. The van der Waals surface area contributed by atoms with Crippen molar-refractivity contribution >= 4 is 23.0 Å². The van der Waals surface area contributed by atoms with E-state index in [1.165, 1.54) is 0 Å². The zero-order chi connectivity index (χ0) is 14.8. The largest absolute Gasteiger partial charge is 0.449 e. The van der Waals surface area contributed by atoms with Gasteiger partial charge in [-0.2, -0.15) is 0 Å². The molecule has 1 aromatic carbocycles. The van der Waals surface area contributed by atoms with Crippen molar-refractivity contribution in [2.24, 2.45) is 0 Å². The van der Waals surface area contributed by atoms with Gasteiger partial charge in [0, 0.05) is 12.6 Å². The summed E-state index contributed by atoms with van der Waals surface area (Å²) in [5.74, 6) is 0.672. The third-order valence-corrected chi connectivity index (χ3v) is 4.18. The van der Waals surface area contributed by atoms with Gasteiger partial charge in [-0.3, -0.25) is 4.79 Å². The molecule has 1 atom stereocenters. The van der Waals surface area contributed by atoms with E-state index in [4.69, 9.17) is 4.42 Å². The molecule has 1 aromatic heterocycles. The number of oxazole rings is 1. The second-order valence-corrected chi connectivity index (χ2v) is 6.04. The number of aromatic nitrogens is 1. The predicted octanol–water partition coefficient (Wildman–Crippen LogP) is 2.75. The molecule has 1 amide bonds. The standard InChI is InChI=1S/C15H16N4O2/c1-7-16-12(6-21-7)13-17-10-4-8-9(5-11(10)18-13)19-14(20)15(8,2)3/h4-6,13,17-18H,1-3H3,(H,19,20). The van der Waals surface area contributed by atoms with Crippen molar-refractivity contribution in [1.82, 2.24) is 4.98 Å². The van der Waals surface area contributed by atoms with Crippen LogP contribution in [-0.2, 0) is 10.2 Å². The third kappa shape index (κ3) is 1.65. The van der Waals surface area contributed by atoms with Crippen LogP contribution < -0.4 is 16.0 Å². The molecule has 21 heavy (non-hydrogen) atoms. The molecule has 0 bridgehead atoms. The van der Waals surface area contributed by atoms with E-state index in [2.05, 4.69) is 20.9 Å². The van der Waals surface area contributed by atoms with Crippen LogP contribution in [0.1, 0.15) is 37.2 Å². The molecule has 2 aliphatic rings. The number of amides is 1. The van der Waals surface area contributed by atoms with Crippen LogP contribution in [0, 0.1) is 6.92 Å². The van der Waals surface area contributed by atoms with E-state index in [1.807, 2.05) is 32.9 Å². The minimum absolute atomic E-state index is 0.0323. The maximum atomic E-state index is 12.0. The van der Waals surface area contributed by atoms with Crippen LogP contribution in [0.15, 0.2) is 22.8 Å². The maximum absolute atomic E-state index is 12.0. The van der Waals surface area contributed by atoms with Crippen LogP contribution in [0.4, 0.5) is 17.1 Å². The van der Waals surface area contributed by atoms with Gasteiger partial charge in [0.15, 0.2) is 5.89 Å². The fourth-order valence-corrected chi connectivity index (χ4v) is 2.87. The molecule has 6 nitrogen and oxygen atoms in total. The van der Waals surface area contributed by atoms with Gasteiger partial charge in [-0.05, 0) is 31.5 Å². The van der Waals surface area contributed by atoms with Gasteiger partial charge in [0.25, 0.3) is 0 Å². The number of carbonyl (C=O) groups is 1. The van der Waals surface area contributed by atoms with E-state index >= 15 is 0 Å². The van der Waals surface area contributed by atoms with Gasteiger partial charge in [0.1, 0.15) is 18.1 Å². The van der Waals surface area contributed by atoms with Gasteiger partial charge < -0.3 is 20.4 Å². The molecule has 0 aliphatic carbocycles. The van der Waals surface area contributed by atoms with Gasteiger partial charge >= 0.3 is 0 Å². The highest BCUT2D eigenvalue weighted by Crippen LogP contribution is 2.45. The summed E-state index contributed by atoms with van der Waals surface area (Å²) in [7, 11) is 0.